The van der Waals surface area contributed by atoms with Crippen molar-refractivity contribution in [3.63, 3.8) is 0 Å². The van der Waals surface area contributed by atoms with Crippen molar-refractivity contribution in [2.24, 2.45) is 0 Å². The summed E-state index contributed by atoms with van der Waals surface area (Å²) in [5.41, 5.74) is 4.83. The van der Waals surface area contributed by atoms with Crippen molar-refractivity contribution >= 4 is 16.7 Å². The zero-order chi connectivity index (χ0) is 19.6. The summed E-state index contributed by atoms with van der Waals surface area (Å²) in [6.07, 6.45) is -0.569. The van der Waals surface area contributed by atoms with Crippen molar-refractivity contribution in [3.8, 4) is 5.75 Å². The van der Waals surface area contributed by atoms with Gasteiger partial charge in [-0.2, -0.15) is 0 Å². The van der Waals surface area contributed by atoms with Gasteiger partial charge in [0.15, 0.2) is 6.10 Å². The Morgan fingerprint density at radius 2 is 1.52 bits per heavy atom. The van der Waals surface area contributed by atoms with E-state index in [-0.39, 0.29) is 11.9 Å². The van der Waals surface area contributed by atoms with E-state index >= 15 is 0 Å². The molecule has 0 spiro atoms. The van der Waals surface area contributed by atoms with E-state index in [0.29, 0.717) is 5.75 Å². The topological polar surface area (TPSA) is 38.3 Å². The first-order valence-electron chi connectivity index (χ1n) is 9.38. The van der Waals surface area contributed by atoms with E-state index in [1.807, 2.05) is 43.3 Å². The normalized spacial score (nSPS) is 13.2. The average molecular weight is 361 g/mol. The van der Waals surface area contributed by atoms with Gasteiger partial charge in [-0.1, -0.05) is 42.5 Å². The molecule has 3 aromatic rings. The van der Waals surface area contributed by atoms with Gasteiger partial charge in [0.1, 0.15) is 5.75 Å². The average Bonchev–Trinajstić information content (AvgIpc) is 2.64. The predicted molar refractivity (Wildman–Crippen MR) is 111 cm³/mol. The van der Waals surface area contributed by atoms with Gasteiger partial charge >= 0.3 is 0 Å². The number of carbonyl (C=O) groups excluding carboxylic acids is 1. The molecule has 0 aliphatic carbocycles. The largest absolute Gasteiger partial charge is 0.481 e. The molecule has 27 heavy (non-hydrogen) atoms. The predicted octanol–water partition coefficient (Wildman–Crippen LogP) is 5.41. The van der Waals surface area contributed by atoms with Gasteiger partial charge in [0.05, 0.1) is 6.04 Å². The van der Waals surface area contributed by atoms with Crippen LogP contribution in [0.3, 0.4) is 0 Å². The van der Waals surface area contributed by atoms with E-state index in [2.05, 4.69) is 44.3 Å². The van der Waals surface area contributed by atoms with E-state index in [0.717, 1.165) is 16.3 Å². The Kier molecular flexibility index (Phi) is 5.50. The Bertz CT molecular complexity index is 977. The van der Waals surface area contributed by atoms with Gasteiger partial charge in [0.25, 0.3) is 5.91 Å². The third-order valence-electron chi connectivity index (χ3n) is 5.11. The summed E-state index contributed by atoms with van der Waals surface area (Å²) in [6.45, 7) is 10.1. The van der Waals surface area contributed by atoms with Crippen molar-refractivity contribution in [1.82, 2.24) is 5.32 Å². The highest BCUT2D eigenvalue weighted by Gasteiger charge is 2.19. The molecule has 0 saturated carbocycles. The maximum absolute atomic E-state index is 12.6. The third kappa shape index (κ3) is 4.30. The highest BCUT2D eigenvalue weighted by molar-refractivity contribution is 5.84. The maximum Gasteiger partial charge on any atom is 0.261 e. The van der Waals surface area contributed by atoms with E-state index in [1.165, 1.54) is 16.7 Å². The van der Waals surface area contributed by atoms with Crippen molar-refractivity contribution in [2.45, 2.75) is 46.8 Å². The number of ether oxygens (including phenoxy) is 1. The minimum atomic E-state index is -0.569. The smallest absolute Gasteiger partial charge is 0.261 e. The summed E-state index contributed by atoms with van der Waals surface area (Å²) in [4.78, 5) is 12.6. The molecule has 0 bridgehead atoms. The lowest BCUT2D eigenvalue weighted by atomic mass is 9.96. The summed E-state index contributed by atoms with van der Waals surface area (Å²) in [5.74, 6) is 0.583. The fourth-order valence-electron chi connectivity index (χ4n) is 3.36. The summed E-state index contributed by atoms with van der Waals surface area (Å²) < 4.78 is 5.88. The number of hydrogen-bond donors (Lipinski definition) is 1. The van der Waals surface area contributed by atoms with Gasteiger partial charge < -0.3 is 10.1 Å². The number of nitrogens with one attached hydrogen (secondary N) is 1. The molecule has 0 fully saturated rings. The van der Waals surface area contributed by atoms with Gasteiger partial charge in [-0.25, -0.2) is 0 Å². The fourth-order valence-corrected chi connectivity index (χ4v) is 3.36. The second kappa shape index (κ2) is 7.83. The molecule has 0 saturated heterocycles. The van der Waals surface area contributed by atoms with E-state index in [4.69, 9.17) is 4.74 Å². The van der Waals surface area contributed by atoms with Gasteiger partial charge in [0.2, 0.25) is 0 Å². The molecule has 3 aromatic carbocycles. The van der Waals surface area contributed by atoms with Crippen molar-refractivity contribution < 1.29 is 9.53 Å². The molecule has 1 amide bonds. The summed E-state index contributed by atoms with van der Waals surface area (Å²) in [6, 6.07) is 18.2. The highest BCUT2D eigenvalue weighted by Crippen LogP contribution is 2.23. The van der Waals surface area contributed by atoms with Crippen LogP contribution in [0.25, 0.3) is 10.8 Å². The molecular weight excluding hydrogens is 334 g/mol. The molecule has 3 nitrogen and oxygen atoms in total. The molecule has 0 heterocycles. The van der Waals surface area contributed by atoms with Crippen LogP contribution in [0.1, 0.15) is 42.1 Å². The number of benzene rings is 3. The lowest BCUT2D eigenvalue weighted by Gasteiger charge is -2.21. The molecule has 3 rings (SSSR count). The molecule has 0 aliphatic rings. The van der Waals surface area contributed by atoms with Crippen LogP contribution in [-0.4, -0.2) is 12.0 Å². The number of amides is 1. The zero-order valence-electron chi connectivity index (χ0n) is 16.7. The fraction of sp³-hybridized carbons (Fsp3) is 0.292. The van der Waals surface area contributed by atoms with Crippen LogP contribution in [-0.2, 0) is 4.79 Å². The lowest BCUT2D eigenvalue weighted by molar-refractivity contribution is -0.127. The van der Waals surface area contributed by atoms with E-state index in [9.17, 15) is 4.79 Å². The van der Waals surface area contributed by atoms with Gasteiger partial charge in [-0.05, 0) is 79.8 Å². The number of fused-ring (bicyclic) bond motifs is 1. The van der Waals surface area contributed by atoms with Crippen LogP contribution in [0.5, 0.6) is 5.75 Å². The molecule has 0 aromatic heterocycles. The summed E-state index contributed by atoms with van der Waals surface area (Å²) in [7, 11) is 0. The Balaban J connectivity index is 1.68. The van der Waals surface area contributed by atoms with Crippen LogP contribution >= 0.6 is 0 Å². The molecule has 0 aliphatic heterocycles. The van der Waals surface area contributed by atoms with Crippen LogP contribution < -0.4 is 10.1 Å². The first-order chi connectivity index (χ1) is 12.8. The molecule has 1 N–H and O–H groups in total. The van der Waals surface area contributed by atoms with Crippen LogP contribution in [0.2, 0.25) is 0 Å². The zero-order valence-corrected chi connectivity index (χ0v) is 16.7. The quantitative estimate of drug-likeness (QED) is 0.660. The Hall–Kier alpha value is -2.81. The standard InChI is InChI=1S/C24H27NO2/c1-15-12-17(3)23(13-16(15)2)18(4)25-24(26)19(5)27-22-11-10-20-8-6-7-9-21(20)14-22/h6-14,18-19H,1-5H3,(H,25,26)/t18-,19+/m0/s1. The van der Waals surface area contributed by atoms with Crippen molar-refractivity contribution in [3.05, 3.63) is 76.9 Å². The van der Waals surface area contributed by atoms with E-state index in [1.54, 1.807) is 6.92 Å². The lowest BCUT2D eigenvalue weighted by Crippen LogP contribution is -2.38. The first kappa shape index (κ1) is 19.0. The maximum atomic E-state index is 12.6. The molecule has 2 atom stereocenters. The molecular formula is C24H27NO2. The molecule has 3 heteroatoms. The number of hydrogen-bond acceptors (Lipinski definition) is 2. The van der Waals surface area contributed by atoms with Gasteiger partial charge in [-0.3, -0.25) is 4.79 Å². The third-order valence-corrected chi connectivity index (χ3v) is 5.11. The second-order valence-corrected chi connectivity index (χ2v) is 7.29. The number of rotatable bonds is 5. The Morgan fingerprint density at radius 3 is 2.26 bits per heavy atom. The van der Waals surface area contributed by atoms with Crippen LogP contribution in [0.15, 0.2) is 54.6 Å². The Morgan fingerprint density at radius 1 is 0.852 bits per heavy atom. The first-order valence-corrected chi connectivity index (χ1v) is 9.38. The van der Waals surface area contributed by atoms with Crippen molar-refractivity contribution in [2.75, 3.05) is 0 Å². The van der Waals surface area contributed by atoms with Crippen LogP contribution in [0.4, 0.5) is 0 Å². The highest BCUT2D eigenvalue weighted by atomic mass is 16.5. The SMILES string of the molecule is Cc1cc(C)c([C@H](C)NC(=O)[C@@H](C)Oc2ccc3ccccc3c2)cc1C. The molecule has 0 radical (unpaired) electrons. The minimum absolute atomic E-state index is 0.0700. The second-order valence-electron chi connectivity index (χ2n) is 7.29. The monoisotopic (exact) mass is 361 g/mol. The molecule has 140 valence electrons. The van der Waals surface area contributed by atoms with Crippen molar-refractivity contribution in [1.29, 1.82) is 0 Å². The summed E-state index contributed by atoms with van der Waals surface area (Å²) >= 11 is 0. The number of carbonyl (C=O) groups is 1. The minimum Gasteiger partial charge on any atom is -0.481 e. The van der Waals surface area contributed by atoms with E-state index < -0.39 is 6.10 Å². The Labute approximate surface area is 161 Å². The molecule has 0 unspecified atom stereocenters. The summed E-state index contributed by atoms with van der Waals surface area (Å²) in [5, 5.41) is 5.33. The van der Waals surface area contributed by atoms with Gasteiger partial charge in [0, 0.05) is 0 Å². The number of aryl methyl sites for hydroxylation is 3. The van der Waals surface area contributed by atoms with Gasteiger partial charge in [-0.15, -0.1) is 0 Å². The van der Waals surface area contributed by atoms with Crippen LogP contribution in [0, 0.1) is 20.8 Å².